The minimum absolute atomic E-state index is 0.0723. The highest BCUT2D eigenvalue weighted by Gasteiger charge is 2.37. The van der Waals surface area contributed by atoms with Gasteiger partial charge in [-0.05, 0) is 94.8 Å². The molecule has 2 aromatic carbocycles. The Balaban J connectivity index is 1.64. The maximum atomic E-state index is 13.4. The lowest BCUT2D eigenvalue weighted by Gasteiger charge is -2.41. The number of halogens is 3. The molecular weight excluding hydrogens is 575 g/mol. The number of nitrogens with one attached hydrogen (secondary N) is 2. The highest BCUT2D eigenvalue weighted by molar-refractivity contribution is 7.98. The lowest BCUT2D eigenvalue weighted by molar-refractivity contribution is -0.137. The van der Waals surface area contributed by atoms with Gasteiger partial charge in [-0.25, -0.2) is 8.42 Å². The Hall–Kier alpha value is -2.57. The first-order valence-corrected chi connectivity index (χ1v) is 16.4. The highest BCUT2D eigenvalue weighted by Crippen LogP contribution is 2.32. The van der Waals surface area contributed by atoms with Gasteiger partial charge in [0.2, 0.25) is 5.91 Å². The second kappa shape index (κ2) is 14.1. The molecule has 0 aliphatic heterocycles. The molecule has 1 aliphatic rings. The second-order valence-corrected chi connectivity index (χ2v) is 13.6. The molecule has 0 saturated heterocycles. The van der Waals surface area contributed by atoms with Crippen molar-refractivity contribution in [3.8, 4) is 0 Å². The summed E-state index contributed by atoms with van der Waals surface area (Å²) in [5.74, 6) is -1.49. The number of carbonyl (C=O) groups excluding carboxylic acids is 2. The number of sulfone groups is 1. The Bertz CT molecular complexity index is 1300. The molecule has 0 radical (unpaired) electrons. The van der Waals surface area contributed by atoms with Crippen molar-refractivity contribution in [3.05, 3.63) is 59.7 Å². The van der Waals surface area contributed by atoms with Gasteiger partial charge in [-0.15, -0.1) is 11.8 Å². The van der Waals surface area contributed by atoms with Crippen LogP contribution in [0.5, 0.6) is 0 Å². The molecule has 0 unspecified atom stereocenters. The summed E-state index contributed by atoms with van der Waals surface area (Å²) in [6.45, 7) is 4.10. The van der Waals surface area contributed by atoms with Crippen LogP contribution in [0.3, 0.4) is 0 Å². The third-order valence-electron chi connectivity index (χ3n) is 7.63. The summed E-state index contributed by atoms with van der Waals surface area (Å²) >= 11 is 1.53. The molecule has 2 amide bonds. The Morgan fingerprint density at radius 2 is 1.78 bits per heavy atom. The molecule has 3 atom stereocenters. The molecule has 226 valence electrons. The van der Waals surface area contributed by atoms with Gasteiger partial charge in [0.25, 0.3) is 5.91 Å². The average molecular weight is 614 g/mol. The van der Waals surface area contributed by atoms with E-state index in [1.165, 1.54) is 17.8 Å². The first kappa shape index (κ1) is 32.9. The van der Waals surface area contributed by atoms with Gasteiger partial charge in [-0.2, -0.15) is 13.2 Å². The largest absolute Gasteiger partial charge is 0.416 e. The van der Waals surface area contributed by atoms with Gasteiger partial charge in [0.1, 0.15) is 0 Å². The quantitative estimate of drug-likeness (QED) is 0.346. The molecule has 12 heteroatoms. The molecule has 0 heterocycles. The van der Waals surface area contributed by atoms with Gasteiger partial charge in [-0.3, -0.25) is 9.59 Å². The van der Waals surface area contributed by atoms with Crippen molar-refractivity contribution in [1.29, 1.82) is 0 Å². The monoisotopic (exact) mass is 613 g/mol. The van der Waals surface area contributed by atoms with E-state index in [0.717, 1.165) is 29.5 Å². The van der Waals surface area contributed by atoms with Crippen LogP contribution in [-0.2, 0) is 20.8 Å². The first-order valence-electron chi connectivity index (χ1n) is 13.5. The number of hydrogen-bond acceptors (Lipinski definition) is 6. The van der Waals surface area contributed by atoms with Crippen LogP contribution in [0.4, 0.5) is 13.2 Å². The van der Waals surface area contributed by atoms with Crippen LogP contribution >= 0.6 is 11.8 Å². The third-order valence-corrected chi connectivity index (χ3v) is 10.2. The van der Waals surface area contributed by atoms with Crippen molar-refractivity contribution in [2.45, 2.75) is 73.6 Å². The minimum Gasteiger partial charge on any atom is -0.353 e. The summed E-state index contributed by atoms with van der Waals surface area (Å²) in [4.78, 5) is 28.6. The summed E-state index contributed by atoms with van der Waals surface area (Å²) in [5, 5.41) is 5.46. The van der Waals surface area contributed by atoms with Gasteiger partial charge in [0.05, 0.1) is 16.2 Å². The van der Waals surface area contributed by atoms with Gasteiger partial charge < -0.3 is 15.5 Å². The summed E-state index contributed by atoms with van der Waals surface area (Å²) in [7, 11) is -1.59. The second-order valence-electron chi connectivity index (χ2n) is 10.7. The summed E-state index contributed by atoms with van der Waals surface area (Å²) in [6, 6.07) is 11.0. The van der Waals surface area contributed by atoms with Crippen molar-refractivity contribution >= 4 is 33.4 Å². The summed E-state index contributed by atoms with van der Waals surface area (Å²) < 4.78 is 65.6. The molecule has 41 heavy (non-hydrogen) atoms. The smallest absolute Gasteiger partial charge is 0.353 e. The van der Waals surface area contributed by atoms with E-state index in [1.807, 2.05) is 13.3 Å². The zero-order valence-corrected chi connectivity index (χ0v) is 25.3. The molecule has 1 aliphatic carbocycles. The van der Waals surface area contributed by atoms with E-state index >= 15 is 0 Å². The SMILES string of the molecule is CSc1ccc(S(=O)(=O)C[C@H]2C[C@@H](N(C)C(C)C)CC[C@@H]2NC(=O)CCNC(=O)c2cccc(C(F)(F)F)c2)cc1. The third kappa shape index (κ3) is 9.21. The number of rotatable bonds is 11. The van der Waals surface area contributed by atoms with Gasteiger partial charge in [0, 0.05) is 41.6 Å². The van der Waals surface area contributed by atoms with E-state index < -0.39 is 27.5 Å². The van der Waals surface area contributed by atoms with Crippen LogP contribution in [0, 0.1) is 5.92 Å². The fraction of sp³-hybridized carbons (Fsp3) is 0.517. The topological polar surface area (TPSA) is 95.6 Å². The molecule has 3 rings (SSSR count). The summed E-state index contributed by atoms with van der Waals surface area (Å²) in [6.07, 6.45) is -0.733. The molecule has 7 nitrogen and oxygen atoms in total. The highest BCUT2D eigenvalue weighted by atomic mass is 32.2. The van der Waals surface area contributed by atoms with Crippen molar-refractivity contribution in [3.63, 3.8) is 0 Å². The lowest BCUT2D eigenvalue weighted by atomic mass is 9.81. The van der Waals surface area contributed by atoms with E-state index in [9.17, 15) is 31.2 Å². The molecule has 1 fully saturated rings. The van der Waals surface area contributed by atoms with Crippen molar-refractivity contribution < 1.29 is 31.2 Å². The number of thioether (sulfide) groups is 1. The van der Waals surface area contributed by atoms with Crippen molar-refractivity contribution in [2.24, 2.45) is 5.92 Å². The van der Waals surface area contributed by atoms with E-state index in [2.05, 4.69) is 29.4 Å². The van der Waals surface area contributed by atoms with Crippen LogP contribution in [0.15, 0.2) is 58.3 Å². The van der Waals surface area contributed by atoms with Crippen molar-refractivity contribution in [1.82, 2.24) is 15.5 Å². The van der Waals surface area contributed by atoms with Gasteiger partial charge in [0.15, 0.2) is 9.84 Å². The zero-order valence-electron chi connectivity index (χ0n) is 23.7. The van der Waals surface area contributed by atoms with Crippen LogP contribution in [0.2, 0.25) is 0 Å². The molecule has 0 spiro atoms. The fourth-order valence-corrected chi connectivity index (χ4v) is 7.16. The number of amides is 2. The number of hydrogen-bond donors (Lipinski definition) is 2. The summed E-state index contributed by atoms with van der Waals surface area (Å²) in [5.41, 5.74) is -1.08. The minimum atomic E-state index is -4.57. The Kier molecular flexibility index (Phi) is 11.3. The Morgan fingerprint density at radius 3 is 2.39 bits per heavy atom. The van der Waals surface area contributed by atoms with Crippen molar-refractivity contribution in [2.75, 3.05) is 25.6 Å². The number of benzene rings is 2. The van der Waals surface area contributed by atoms with Crippen LogP contribution < -0.4 is 10.6 Å². The zero-order chi connectivity index (χ0) is 30.4. The first-order chi connectivity index (χ1) is 19.2. The predicted molar refractivity (Wildman–Crippen MR) is 155 cm³/mol. The lowest BCUT2D eigenvalue weighted by Crippen LogP contribution is -2.51. The number of nitrogens with zero attached hydrogens (tertiary/aromatic N) is 1. The number of carbonyl (C=O) groups is 2. The molecular formula is C29H38F3N3O4S2. The fourth-order valence-electron chi connectivity index (χ4n) is 5.07. The van der Waals surface area contributed by atoms with Crippen LogP contribution in [-0.4, -0.2) is 68.9 Å². The molecule has 1 saturated carbocycles. The molecule has 2 N–H and O–H groups in total. The van der Waals surface area contributed by atoms with Gasteiger partial charge >= 0.3 is 6.18 Å². The molecule has 2 aromatic rings. The molecule has 0 aromatic heterocycles. The average Bonchev–Trinajstić information content (AvgIpc) is 2.93. The van der Waals surface area contributed by atoms with E-state index in [-0.39, 0.29) is 59.1 Å². The molecule has 0 bridgehead atoms. The Labute approximate surface area is 244 Å². The normalized spacial score (nSPS) is 19.8. The van der Waals surface area contributed by atoms with Gasteiger partial charge in [-0.1, -0.05) is 6.07 Å². The van der Waals surface area contributed by atoms with Crippen LogP contribution in [0.1, 0.15) is 55.5 Å². The standard InChI is InChI=1S/C29H38F3N3O4S2/c1-19(2)35(3)23-8-13-26(21(17-23)18-41(38,39)25-11-9-24(40-4)10-12-25)34-27(36)14-15-33-28(37)20-6-5-7-22(16-20)29(30,31)32/h5-7,9-12,16,19,21,23,26H,8,13-15,17-18H2,1-4H3,(H,33,37)(H,34,36)/t21-,23+,26+/m1/s1. The van der Waals surface area contributed by atoms with E-state index in [4.69, 9.17) is 0 Å². The Morgan fingerprint density at radius 1 is 1.10 bits per heavy atom. The van der Waals surface area contributed by atoms with Crippen LogP contribution in [0.25, 0.3) is 0 Å². The predicted octanol–water partition coefficient (Wildman–Crippen LogP) is 5.01. The van der Waals surface area contributed by atoms with E-state index in [1.54, 1.807) is 24.3 Å². The van der Waals surface area contributed by atoms with E-state index in [0.29, 0.717) is 12.8 Å². The number of alkyl halides is 3. The maximum Gasteiger partial charge on any atom is 0.416 e. The maximum absolute atomic E-state index is 13.4.